The molecule has 1 aliphatic rings. The number of fused-ring (bicyclic) bond motifs is 1. The summed E-state index contributed by atoms with van der Waals surface area (Å²) in [5, 5.41) is 11.5. The zero-order valence-corrected chi connectivity index (χ0v) is 23.5. The molecule has 204 valence electrons. The summed E-state index contributed by atoms with van der Waals surface area (Å²) in [5.41, 5.74) is 0.909. The Morgan fingerprint density at radius 2 is 2.00 bits per heavy atom. The number of non-ortho nitro benzene ring substituents is 1. The van der Waals surface area contributed by atoms with Crippen molar-refractivity contribution in [2.75, 3.05) is 13.7 Å². The van der Waals surface area contributed by atoms with Crippen molar-refractivity contribution in [3.63, 3.8) is 0 Å². The number of aromatic nitrogens is 1. The number of halogens is 1. The van der Waals surface area contributed by atoms with Gasteiger partial charge in [0.2, 0.25) is 0 Å². The van der Waals surface area contributed by atoms with Gasteiger partial charge in [0, 0.05) is 22.7 Å². The summed E-state index contributed by atoms with van der Waals surface area (Å²) in [6, 6.07) is 8.32. The lowest BCUT2D eigenvalue weighted by Gasteiger charge is -2.25. The van der Waals surface area contributed by atoms with Crippen LogP contribution in [-0.4, -0.2) is 35.3 Å². The zero-order valence-electron chi connectivity index (χ0n) is 21.9. The third-order valence-corrected chi connectivity index (χ3v) is 7.19. The van der Waals surface area contributed by atoms with Crippen LogP contribution in [0.25, 0.3) is 6.08 Å². The molecule has 12 heteroatoms. The van der Waals surface area contributed by atoms with Gasteiger partial charge in [-0.2, -0.15) is 0 Å². The first-order valence-electron chi connectivity index (χ1n) is 12.0. The lowest BCUT2D eigenvalue weighted by Crippen LogP contribution is -2.40. The molecule has 10 nitrogen and oxygen atoms in total. The average molecular weight is 572 g/mol. The molecule has 0 bridgehead atoms. The highest BCUT2D eigenvalue weighted by molar-refractivity contribution is 7.07. The number of hydrogen-bond acceptors (Lipinski definition) is 9. The molecule has 0 amide bonds. The molecular weight excluding hydrogens is 546 g/mol. The van der Waals surface area contributed by atoms with Gasteiger partial charge in [0.25, 0.3) is 11.2 Å². The van der Waals surface area contributed by atoms with Crippen molar-refractivity contribution in [3.8, 4) is 11.5 Å². The van der Waals surface area contributed by atoms with Gasteiger partial charge >= 0.3 is 5.97 Å². The summed E-state index contributed by atoms with van der Waals surface area (Å²) in [5.74, 6) is 0.355. The van der Waals surface area contributed by atoms with Gasteiger partial charge in [0.1, 0.15) is 0 Å². The van der Waals surface area contributed by atoms with Crippen LogP contribution in [0.1, 0.15) is 44.9 Å². The molecule has 0 N–H and O–H groups in total. The summed E-state index contributed by atoms with van der Waals surface area (Å²) >= 11 is 7.37. The fraction of sp³-hybridized carbons (Fsp3) is 0.296. The minimum Gasteiger partial charge on any atom is -0.493 e. The van der Waals surface area contributed by atoms with Gasteiger partial charge in [-0.25, -0.2) is 9.79 Å². The monoisotopic (exact) mass is 571 g/mol. The summed E-state index contributed by atoms with van der Waals surface area (Å²) in [6.07, 6.45) is 1.39. The van der Waals surface area contributed by atoms with Crippen LogP contribution in [0.2, 0.25) is 5.02 Å². The summed E-state index contributed by atoms with van der Waals surface area (Å²) in [7, 11) is 1.51. The molecule has 0 fully saturated rings. The Morgan fingerprint density at radius 3 is 2.64 bits per heavy atom. The highest BCUT2D eigenvalue weighted by atomic mass is 35.5. The number of ether oxygens (including phenoxy) is 3. The number of benzene rings is 2. The smallest absolute Gasteiger partial charge is 0.338 e. The lowest BCUT2D eigenvalue weighted by molar-refractivity contribution is -0.384. The Labute approximate surface area is 232 Å². The van der Waals surface area contributed by atoms with Gasteiger partial charge in [-0.05, 0) is 57.5 Å². The average Bonchev–Trinajstić information content (AvgIpc) is 3.18. The number of carbonyl (C=O) groups excluding carboxylic acids is 1. The van der Waals surface area contributed by atoms with Crippen LogP contribution in [0, 0.1) is 10.1 Å². The van der Waals surface area contributed by atoms with E-state index in [1.165, 1.54) is 36.0 Å². The van der Waals surface area contributed by atoms with Gasteiger partial charge in [0.05, 0.1) is 46.6 Å². The van der Waals surface area contributed by atoms with Crippen molar-refractivity contribution >= 4 is 40.7 Å². The van der Waals surface area contributed by atoms with E-state index in [9.17, 15) is 19.7 Å². The quantitative estimate of drug-likeness (QED) is 0.226. The van der Waals surface area contributed by atoms with Crippen molar-refractivity contribution in [2.45, 2.75) is 39.8 Å². The first-order valence-corrected chi connectivity index (χ1v) is 13.2. The topological polar surface area (TPSA) is 122 Å². The number of nitro groups is 1. The lowest BCUT2D eigenvalue weighted by atomic mass is 9.95. The largest absolute Gasteiger partial charge is 0.493 e. The molecular formula is C27H26ClN3O7S. The molecule has 0 spiro atoms. The molecule has 0 unspecified atom stereocenters. The van der Waals surface area contributed by atoms with Crippen LogP contribution in [0.3, 0.4) is 0 Å². The fourth-order valence-corrected chi connectivity index (χ4v) is 5.42. The van der Waals surface area contributed by atoms with Gasteiger partial charge in [-0.15, -0.1) is 0 Å². The number of thiazole rings is 1. The number of nitro benzene ring substituents is 1. The zero-order chi connectivity index (χ0) is 28.4. The maximum Gasteiger partial charge on any atom is 0.338 e. The molecule has 0 saturated carbocycles. The SMILES string of the molecule is CCOC(=O)C1=C(C)N=c2s/c(=C\c3cc([N+](=O)[O-])ccc3Cl)c(=O)n2[C@@H]1c1ccc(OC(C)C)c(OC)c1. The van der Waals surface area contributed by atoms with Crippen LogP contribution >= 0.6 is 22.9 Å². The van der Waals surface area contributed by atoms with E-state index in [0.29, 0.717) is 33.1 Å². The number of rotatable bonds is 8. The fourth-order valence-electron chi connectivity index (χ4n) is 4.21. The standard InChI is InChI=1S/C27H26ClN3O7S/c1-6-37-26(33)23-15(4)29-27-30(24(23)16-7-10-20(38-14(2)3)21(12-16)36-5)25(32)22(39-27)13-17-11-18(31(34)35)8-9-19(17)28/h7-14,24H,6H2,1-5H3/b22-13-/t24-/m1/s1. The Hall–Kier alpha value is -3.96. The van der Waals surface area contributed by atoms with E-state index < -0.39 is 22.5 Å². The molecule has 0 aliphatic carbocycles. The molecule has 2 heterocycles. The molecule has 0 radical (unpaired) electrons. The predicted molar refractivity (Wildman–Crippen MR) is 147 cm³/mol. The maximum absolute atomic E-state index is 13.8. The van der Waals surface area contributed by atoms with Crippen molar-refractivity contribution in [3.05, 3.63) is 93.6 Å². The molecule has 4 rings (SSSR count). The normalized spacial score (nSPS) is 15.2. The van der Waals surface area contributed by atoms with Crippen LogP contribution in [0.5, 0.6) is 11.5 Å². The van der Waals surface area contributed by atoms with E-state index >= 15 is 0 Å². The van der Waals surface area contributed by atoms with E-state index in [-0.39, 0.29) is 33.5 Å². The van der Waals surface area contributed by atoms with Crippen molar-refractivity contribution in [2.24, 2.45) is 4.99 Å². The highest BCUT2D eigenvalue weighted by Crippen LogP contribution is 2.36. The second-order valence-electron chi connectivity index (χ2n) is 8.84. The minimum absolute atomic E-state index is 0.0970. The molecule has 39 heavy (non-hydrogen) atoms. The number of nitrogens with zero attached hydrogens (tertiary/aromatic N) is 3. The van der Waals surface area contributed by atoms with E-state index in [1.807, 2.05) is 13.8 Å². The van der Waals surface area contributed by atoms with Crippen LogP contribution in [-0.2, 0) is 9.53 Å². The Bertz CT molecular complexity index is 1670. The van der Waals surface area contributed by atoms with E-state index in [0.717, 1.165) is 11.3 Å². The second kappa shape index (κ2) is 11.4. The first-order chi connectivity index (χ1) is 18.5. The summed E-state index contributed by atoms with van der Waals surface area (Å²) in [4.78, 5) is 42.6. The number of allylic oxidation sites excluding steroid dienone is 1. The van der Waals surface area contributed by atoms with Gasteiger partial charge in [0.15, 0.2) is 16.3 Å². The molecule has 1 aromatic heterocycles. The molecule has 1 atom stereocenters. The Kier molecular flexibility index (Phi) is 8.22. The molecule has 0 saturated heterocycles. The molecule has 1 aliphatic heterocycles. The Balaban J connectivity index is 1.96. The van der Waals surface area contributed by atoms with E-state index in [1.54, 1.807) is 32.0 Å². The number of methoxy groups -OCH3 is 1. The summed E-state index contributed by atoms with van der Waals surface area (Å²) in [6.45, 7) is 7.30. The number of carbonyl (C=O) groups is 1. The Morgan fingerprint density at radius 1 is 1.26 bits per heavy atom. The molecule has 2 aromatic carbocycles. The number of esters is 1. The summed E-state index contributed by atoms with van der Waals surface area (Å²) < 4.78 is 18.4. The predicted octanol–water partition coefficient (Wildman–Crippen LogP) is 4.16. The van der Waals surface area contributed by atoms with Crippen molar-refractivity contribution in [1.29, 1.82) is 0 Å². The third kappa shape index (κ3) is 5.59. The third-order valence-electron chi connectivity index (χ3n) is 5.86. The van der Waals surface area contributed by atoms with Crippen molar-refractivity contribution in [1.82, 2.24) is 4.57 Å². The second-order valence-corrected chi connectivity index (χ2v) is 10.3. The van der Waals surface area contributed by atoms with Crippen LogP contribution in [0.15, 0.2) is 57.5 Å². The van der Waals surface area contributed by atoms with Gasteiger partial charge in [-0.1, -0.05) is 29.0 Å². The van der Waals surface area contributed by atoms with Crippen LogP contribution < -0.4 is 24.4 Å². The first kappa shape index (κ1) is 28.1. The minimum atomic E-state index is -0.870. The van der Waals surface area contributed by atoms with E-state index in [2.05, 4.69) is 4.99 Å². The van der Waals surface area contributed by atoms with Crippen LogP contribution in [0.4, 0.5) is 5.69 Å². The van der Waals surface area contributed by atoms with Gasteiger partial charge in [-0.3, -0.25) is 19.5 Å². The van der Waals surface area contributed by atoms with Crippen molar-refractivity contribution < 1.29 is 23.9 Å². The van der Waals surface area contributed by atoms with Gasteiger partial charge < -0.3 is 14.2 Å². The highest BCUT2D eigenvalue weighted by Gasteiger charge is 2.34. The number of hydrogen-bond donors (Lipinski definition) is 0. The molecule has 3 aromatic rings. The van der Waals surface area contributed by atoms with E-state index in [4.69, 9.17) is 25.8 Å². The maximum atomic E-state index is 13.8.